The van der Waals surface area contributed by atoms with Crippen molar-refractivity contribution in [2.45, 2.75) is 0 Å². The molecule has 0 aliphatic heterocycles. The van der Waals surface area contributed by atoms with Gasteiger partial charge in [0, 0.05) is 9.13 Å². The number of hydrazone groups is 1. The molecule has 7 heteroatoms. The smallest absolute Gasteiger partial charge is 0.184 e. The van der Waals surface area contributed by atoms with E-state index in [2.05, 4.69) is 61.3 Å². The maximum atomic E-state index is 5.25. The maximum absolute atomic E-state index is 5.25. The Morgan fingerprint density at radius 3 is 2.94 bits per heavy atom. The molecule has 0 unspecified atom stereocenters. The van der Waals surface area contributed by atoms with Crippen molar-refractivity contribution in [1.82, 2.24) is 5.43 Å². The molecule has 4 nitrogen and oxygen atoms in total. The Morgan fingerprint density at radius 1 is 1.69 bits per heavy atom. The van der Waals surface area contributed by atoms with Crippen LogP contribution >= 0.6 is 50.7 Å². The summed E-state index contributed by atoms with van der Waals surface area (Å²) in [5.41, 5.74) is 8.69. The van der Waals surface area contributed by atoms with E-state index in [9.17, 15) is 0 Å². The molecule has 0 bridgehead atoms. The Morgan fingerprint density at radius 2 is 2.38 bits per heavy atom. The third kappa shape index (κ3) is 3.87. The molecule has 1 aromatic rings. The van der Waals surface area contributed by atoms with Gasteiger partial charge in [0.15, 0.2) is 5.11 Å². The number of thiocarbonyl (C=S) groups is 1. The lowest BCUT2D eigenvalue weighted by Crippen LogP contribution is -2.24. The van der Waals surface area contributed by atoms with E-state index < -0.39 is 0 Å². The van der Waals surface area contributed by atoms with E-state index in [1.165, 1.54) is 0 Å². The topological polar surface area (TPSA) is 59.6 Å². The maximum Gasteiger partial charge on any atom is 0.184 e. The second kappa shape index (κ2) is 6.36. The van der Waals surface area contributed by atoms with E-state index in [4.69, 9.17) is 10.5 Å². The molecule has 86 valence electrons. The summed E-state index contributed by atoms with van der Waals surface area (Å²) in [5, 5.41) is 4.03. The molecule has 0 fully saturated rings. The quantitative estimate of drug-likeness (QED) is 0.345. The fourth-order valence-corrected chi connectivity index (χ4v) is 2.12. The lowest BCUT2D eigenvalue weighted by molar-refractivity contribution is 0.412. The van der Waals surface area contributed by atoms with Gasteiger partial charge >= 0.3 is 0 Å². The summed E-state index contributed by atoms with van der Waals surface area (Å²) >= 11 is 10.2. The molecule has 0 heterocycles. The van der Waals surface area contributed by atoms with Gasteiger partial charge in [-0.05, 0) is 62.9 Å². The molecule has 0 amide bonds. The summed E-state index contributed by atoms with van der Waals surface area (Å²) in [7, 11) is 1.62. The third-order valence-electron chi connectivity index (χ3n) is 1.65. The minimum absolute atomic E-state index is 0.138. The van der Waals surface area contributed by atoms with E-state index >= 15 is 0 Å². The summed E-state index contributed by atoms with van der Waals surface area (Å²) in [5.74, 6) is 0.781. The van der Waals surface area contributed by atoms with E-state index in [0.29, 0.717) is 0 Å². The first-order valence-corrected chi connectivity index (χ1v) is 6.44. The Bertz CT molecular complexity index is 439. The van der Waals surface area contributed by atoms with Gasteiger partial charge in [0.1, 0.15) is 5.75 Å². The van der Waals surface area contributed by atoms with Crippen LogP contribution in [0.15, 0.2) is 21.7 Å². The SMILES string of the molecule is COc1cc(I)c(C=NNC(N)=S)cc1Br. The number of hydrogen-bond donors (Lipinski definition) is 2. The number of nitrogens with zero attached hydrogens (tertiary/aromatic N) is 1. The lowest BCUT2D eigenvalue weighted by Gasteiger charge is -2.06. The molecular weight excluding hydrogens is 405 g/mol. The first kappa shape index (κ1) is 13.7. The minimum atomic E-state index is 0.138. The van der Waals surface area contributed by atoms with Crippen LogP contribution in [0.4, 0.5) is 0 Å². The molecule has 3 N–H and O–H groups in total. The molecule has 1 aromatic carbocycles. The normalized spacial score (nSPS) is 10.4. The van der Waals surface area contributed by atoms with Crippen LogP contribution < -0.4 is 15.9 Å². The number of hydrogen-bond acceptors (Lipinski definition) is 3. The third-order valence-corrected chi connectivity index (χ3v) is 3.29. The highest BCUT2D eigenvalue weighted by Gasteiger charge is 2.05. The zero-order valence-electron chi connectivity index (χ0n) is 8.33. The van der Waals surface area contributed by atoms with Crippen molar-refractivity contribution in [2.75, 3.05) is 7.11 Å². The molecule has 0 radical (unpaired) electrons. The van der Waals surface area contributed by atoms with Gasteiger partial charge in [0.2, 0.25) is 0 Å². The summed E-state index contributed by atoms with van der Waals surface area (Å²) in [6, 6.07) is 3.82. The largest absolute Gasteiger partial charge is 0.496 e. The zero-order chi connectivity index (χ0) is 12.1. The van der Waals surface area contributed by atoms with Crippen LogP contribution in [0.3, 0.4) is 0 Å². The van der Waals surface area contributed by atoms with Crippen molar-refractivity contribution in [2.24, 2.45) is 10.8 Å². The number of ether oxygens (including phenoxy) is 1. The average Bonchev–Trinajstić information content (AvgIpc) is 2.22. The molecule has 0 atom stereocenters. The molecule has 0 saturated heterocycles. The summed E-state index contributed by atoms with van der Waals surface area (Å²) < 4.78 is 7.06. The Hall–Kier alpha value is -0.410. The first-order chi connectivity index (χ1) is 7.54. The number of benzene rings is 1. The van der Waals surface area contributed by atoms with Crippen molar-refractivity contribution in [1.29, 1.82) is 0 Å². The van der Waals surface area contributed by atoms with E-state index in [1.54, 1.807) is 13.3 Å². The fourth-order valence-electron chi connectivity index (χ4n) is 0.965. The van der Waals surface area contributed by atoms with E-state index in [1.807, 2.05) is 12.1 Å². The highest BCUT2D eigenvalue weighted by atomic mass is 127. The molecule has 0 aliphatic rings. The van der Waals surface area contributed by atoms with Gasteiger partial charge in [0.25, 0.3) is 0 Å². The van der Waals surface area contributed by atoms with Gasteiger partial charge in [-0.2, -0.15) is 5.10 Å². The van der Waals surface area contributed by atoms with Crippen LogP contribution in [-0.2, 0) is 0 Å². The average molecular weight is 414 g/mol. The Labute approximate surface area is 121 Å². The van der Waals surface area contributed by atoms with Crippen molar-refractivity contribution < 1.29 is 4.74 Å². The number of nitrogens with one attached hydrogen (secondary N) is 1. The van der Waals surface area contributed by atoms with Crippen LogP contribution in [0.5, 0.6) is 5.75 Å². The zero-order valence-corrected chi connectivity index (χ0v) is 12.9. The predicted molar refractivity (Wildman–Crippen MR) is 80.9 cm³/mol. The Kier molecular flexibility index (Phi) is 5.42. The van der Waals surface area contributed by atoms with Gasteiger partial charge in [0.05, 0.1) is 17.8 Å². The second-order valence-electron chi connectivity index (χ2n) is 2.74. The number of nitrogens with two attached hydrogens (primary N) is 1. The van der Waals surface area contributed by atoms with Crippen LogP contribution in [0.2, 0.25) is 0 Å². The summed E-state index contributed by atoms with van der Waals surface area (Å²) in [6.07, 6.45) is 1.64. The first-order valence-electron chi connectivity index (χ1n) is 4.16. The Balaban J connectivity index is 2.93. The van der Waals surface area contributed by atoms with E-state index in [-0.39, 0.29) is 5.11 Å². The van der Waals surface area contributed by atoms with Gasteiger partial charge in [-0.25, -0.2) is 0 Å². The molecule has 0 aromatic heterocycles. The molecule has 0 spiro atoms. The van der Waals surface area contributed by atoms with Gasteiger partial charge in [-0.3, -0.25) is 5.43 Å². The summed E-state index contributed by atoms with van der Waals surface area (Å²) in [6.45, 7) is 0. The number of rotatable bonds is 3. The lowest BCUT2D eigenvalue weighted by atomic mass is 10.2. The molecule has 16 heavy (non-hydrogen) atoms. The predicted octanol–water partition coefficient (Wildman–Crippen LogP) is 2.23. The van der Waals surface area contributed by atoms with Gasteiger partial charge < -0.3 is 10.5 Å². The molecule has 1 rings (SSSR count). The minimum Gasteiger partial charge on any atom is -0.496 e. The van der Waals surface area contributed by atoms with Gasteiger partial charge in [-0.15, -0.1) is 0 Å². The molecule has 0 saturated carbocycles. The van der Waals surface area contributed by atoms with Crippen molar-refractivity contribution in [3.05, 3.63) is 25.7 Å². The second-order valence-corrected chi connectivity index (χ2v) is 5.20. The van der Waals surface area contributed by atoms with Crippen LogP contribution in [0, 0.1) is 3.57 Å². The van der Waals surface area contributed by atoms with Crippen LogP contribution in [0.25, 0.3) is 0 Å². The number of methoxy groups -OCH3 is 1. The van der Waals surface area contributed by atoms with Crippen molar-refractivity contribution >= 4 is 62.1 Å². The standard InChI is InChI=1S/C9H9BrIN3OS/c1-15-8-3-7(11)5(2-6(8)10)4-13-14-9(12)16/h2-4H,1H3,(H3,12,14,16). The number of halogens is 2. The monoisotopic (exact) mass is 413 g/mol. The fraction of sp³-hybridized carbons (Fsp3) is 0.111. The van der Waals surface area contributed by atoms with Crippen molar-refractivity contribution in [3.63, 3.8) is 0 Å². The van der Waals surface area contributed by atoms with Crippen molar-refractivity contribution in [3.8, 4) is 5.75 Å². The highest BCUT2D eigenvalue weighted by Crippen LogP contribution is 2.28. The summed E-state index contributed by atoms with van der Waals surface area (Å²) in [4.78, 5) is 0. The highest BCUT2D eigenvalue weighted by molar-refractivity contribution is 14.1. The molecular formula is C9H9BrIN3OS. The van der Waals surface area contributed by atoms with E-state index in [0.717, 1.165) is 19.4 Å². The molecule has 0 aliphatic carbocycles. The van der Waals surface area contributed by atoms with Crippen LogP contribution in [-0.4, -0.2) is 18.4 Å². The van der Waals surface area contributed by atoms with Crippen LogP contribution in [0.1, 0.15) is 5.56 Å². The van der Waals surface area contributed by atoms with Gasteiger partial charge in [-0.1, -0.05) is 0 Å².